The zero-order valence-electron chi connectivity index (χ0n) is 11.7. The first-order chi connectivity index (χ1) is 9.92. The van der Waals surface area contributed by atoms with Crippen LogP contribution in [-0.4, -0.2) is 23.5 Å². The van der Waals surface area contributed by atoms with Crippen molar-refractivity contribution in [2.45, 2.75) is 25.6 Å². The van der Waals surface area contributed by atoms with Crippen molar-refractivity contribution in [1.29, 1.82) is 0 Å². The first-order valence-electron chi connectivity index (χ1n) is 6.93. The van der Waals surface area contributed by atoms with Crippen LogP contribution in [0.1, 0.15) is 12.5 Å². The van der Waals surface area contributed by atoms with Crippen LogP contribution in [0.4, 0.5) is 5.69 Å². The Morgan fingerprint density at radius 1 is 1.29 bits per heavy atom. The van der Waals surface area contributed by atoms with E-state index in [0.29, 0.717) is 10.7 Å². The van der Waals surface area contributed by atoms with Crippen molar-refractivity contribution < 1.29 is 14.3 Å². The average Bonchev–Trinajstić information content (AvgIpc) is 3.03. The SMILES string of the molecule is Cc1ccc(N2C(=O)[C@@H]3[C@@H]4C=C[C@@](C)(O4)[C@@H]3C2=O)cc1Cl. The molecule has 0 unspecified atom stereocenters. The van der Waals surface area contributed by atoms with Crippen molar-refractivity contribution in [2.24, 2.45) is 11.8 Å². The number of hydrogen-bond acceptors (Lipinski definition) is 3. The molecule has 0 saturated carbocycles. The number of anilines is 1. The Bertz CT molecular complexity index is 713. The van der Waals surface area contributed by atoms with Gasteiger partial charge in [-0.2, -0.15) is 0 Å². The molecule has 5 heteroatoms. The van der Waals surface area contributed by atoms with Gasteiger partial charge in [0, 0.05) is 5.02 Å². The lowest BCUT2D eigenvalue weighted by atomic mass is 9.78. The number of ether oxygens (including phenoxy) is 1. The predicted octanol–water partition coefficient (Wildman–Crippen LogP) is 2.48. The van der Waals surface area contributed by atoms with Crippen LogP contribution in [0.2, 0.25) is 5.02 Å². The maximum atomic E-state index is 12.7. The van der Waals surface area contributed by atoms with Crippen molar-refractivity contribution in [3.63, 3.8) is 0 Å². The third kappa shape index (κ3) is 1.54. The molecule has 1 aromatic rings. The van der Waals surface area contributed by atoms with Crippen LogP contribution >= 0.6 is 11.6 Å². The molecular weight excluding hydrogens is 290 g/mol. The Labute approximate surface area is 127 Å². The molecule has 0 aliphatic carbocycles. The second-order valence-electron chi connectivity index (χ2n) is 6.07. The Kier molecular flexibility index (Phi) is 2.46. The molecule has 4 nitrogen and oxygen atoms in total. The number of carbonyl (C=O) groups excluding carboxylic acids is 2. The number of hydrogen-bond donors (Lipinski definition) is 0. The van der Waals surface area contributed by atoms with Gasteiger partial charge in [-0.15, -0.1) is 0 Å². The molecule has 2 amide bonds. The topological polar surface area (TPSA) is 46.6 Å². The Morgan fingerprint density at radius 2 is 2.05 bits per heavy atom. The summed E-state index contributed by atoms with van der Waals surface area (Å²) in [6.45, 7) is 3.75. The fraction of sp³-hybridized carbons (Fsp3) is 0.375. The molecule has 0 N–H and O–H groups in total. The van der Waals surface area contributed by atoms with Crippen molar-refractivity contribution >= 4 is 29.1 Å². The number of amides is 2. The van der Waals surface area contributed by atoms with E-state index in [-0.39, 0.29) is 17.9 Å². The molecule has 2 bridgehead atoms. The minimum atomic E-state index is -0.661. The highest BCUT2D eigenvalue weighted by molar-refractivity contribution is 6.32. The highest BCUT2D eigenvalue weighted by Gasteiger charge is 2.66. The number of rotatable bonds is 1. The molecule has 4 atom stereocenters. The molecule has 4 rings (SSSR count). The molecule has 0 aromatic heterocycles. The van der Waals surface area contributed by atoms with E-state index >= 15 is 0 Å². The van der Waals surface area contributed by atoms with E-state index in [1.807, 2.05) is 32.1 Å². The van der Waals surface area contributed by atoms with Gasteiger partial charge >= 0.3 is 0 Å². The molecule has 1 aromatic carbocycles. The highest BCUT2D eigenvalue weighted by atomic mass is 35.5. The monoisotopic (exact) mass is 303 g/mol. The molecule has 2 fully saturated rings. The molecule has 3 aliphatic heterocycles. The van der Waals surface area contributed by atoms with Crippen LogP contribution in [-0.2, 0) is 14.3 Å². The number of nitrogens with zero attached hydrogens (tertiary/aromatic N) is 1. The van der Waals surface area contributed by atoms with E-state index in [9.17, 15) is 9.59 Å². The highest BCUT2D eigenvalue weighted by Crippen LogP contribution is 2.52. The number of aryl methyl sites for hydroxylation is 1. The van der Waals surface area contributed by atoms with Crippen molar-refractivity contribution in [3.05, 3.63) is 40.9 Å². The van der Waals surface area contributed by atoms with Gasteiger partial charge in [-0.3, -0.25) is 9.59 Å². The number of imide groups is 1. The lowest BCUT2D eigenvalue weighted by Crippen LogP contribution is -2.38. The van der Waals surface area contributed by atoms with Crippen molar-refractivity contribution in [2.75, 3.05) is 4.90 Å². The molecule has 3 aliphatic rings. The standard InChI is InChI=1S/C16H14ClNO3/c1-8-3-4-9(7-10(8)17)18-14(19)12-11-5-6-16(2,21-11)13(12)15(18)20/h3-7,11-13H,1-2H3/t11-,12+,13-,16+/m0/s1. The molecule has 21 heavy (non-hydrogen) atoms. The maximum Gasteiger partial charge on any atom is 0.241 e. The summed E-state index contributed by atoms with van der Waals surface area (Å²) in [5.41, 5.74) is 0.792. The van der Waals surface area contributed by atoms with Gasteiger partial charge in [0.05, 0.1) is 29.2 Å². The van der Waals surface area contributed by atoms with Crippen molar-refractivity contribution in [1.82, 2.24) is 0 Å². The summed E-state index contributed by atoms with van der Waals surface area (Å²) in [6.07, 6.45) is 3.50. The normalized spacial score (nSPS) is 36.7. The second kappa shape index (κ2) is 3.96. The first kappa shape index (κ1) is 13.0. The minimum Gasteiger partial charge on any atom is -0.362 e. The minimum absolute atomic E-state index is 0.192. The molecule has 3 heterocycles. The predicted molar refractivity (Wildman–Crippen MR) is 78.1 cm³/mol. The van der Waals surface area contributed by atoms with Gasteiger partial charge in [0.2, 0.25) is 11.8 Å². The van der Waals surface area contributed by atoms with Crippen LogP contribution in [0.5, 0.6) is 0 Å². The van der Waals surface area contributed by atoms with E-state index < -0.39 is 17.4 Å². The second-order valence-corrected chi connectivity index (χ2v) is 6.48. The van der Waals surface area contributed by atoms with E-state index in [2.05, 4.69) is 0 Å². The zero-order valence-corrected chi connectivity index (χ0v) is 12.4. The van der Waals surface area contributed by atoms with Gasteiger partial charge in [-0.1, -0.05) is 29.8 Å². The molecule has 2 saturated heterocycles. The van der Waals surface area contributed by atoms with Crippen molar-refractivity contribution in [3.8, 4) is 0 Å². The summed E-state index contributed by atoms with van der Waals surface area (Å²) < 4.78 is 5.79. The fourth-order valence-electron chi connectivity index (χ4n) is 3.63. The number of fused-ring (bicyclic) bond motifs is 5. The Hall–Kier alpha value is -1.65. The van der Waals surface area contributed by atoms with Gasteiger partial charge in [0.1, 0.15) is 0 Å². The molecule has 0 radical (unpaired) electrons. The summed E-state index contributed by atoms with van der Waals surface area (Å²) in [5, 5.41) is 0.550. The first-order valence-corrected chi connectivity index (χ1v) is 7.31. The Morgan fingerprint density at radius 3 is 2.71 bits per heavy atom. The lowest BCUT2D eigenvalue weighted by molar-refractivity contribution is -0.126. The fourth-order valence-corrected chi connectivity index (χ4v) is 3.80. The van der Waals surface area contributed by atoms with Gasteiger partial charge in [0.25, 0.3) is 0 Å². The molecule has 0 spiro atoms. The van der Waals surface area contributed by atoms with E-state index in [0.717, 1.165) is 5.56 Å². The van der Waals surface area contributed by atoms with Gasteiger partial charge in [-0.25, -0.2) is 4.90 Å². The van der Waals surface area contributed by atoms with E-state index in [1.165, 1.54) is 4.90 Å². The summed E-state index contributed by atoms with van der Waals surface area (Å²) in [5.74, 6) is -1.23. The zero-order chi connectivity index (χ0) is 14.9. The van der Waals surface area contributed by atoms with Crippen LogP contribution in [0.15, 0.2) is 30.4 Å². The molecule has 108 valence electrons. The van der Waals surface area contributed by atoms with Crippen LogP contribution in [0, 0.1) is 18.8 Å². The van der Waals surface area contributed by atoms with Gasteiger partial charge in [0.15, 0.2) is 0 Å². The lowest BCUT2D eigenvalue weighted by Gasteiger charge is -2.24. The summed E-state index contributed by atoms with van der Waals surface area (Å²) in [7, 11) is 0. The number of carbonyl (C=O) groups is 2. The summed E-state index contributed by atoms with van der Waals surface area (Å²) >= 11 is 6.12. The van der Waals surface area contributed by atoms with Crippen LogP contribution in [0.3, 0.4) is 0 Å². The summed E-state index contributed by atoms with van der Waals surface area (Å²) in [4.78, 5) is 26.7. The average molecular weight is 304 g/mol. The largest absolute Gasteiger partial charge is 0.362 e. The van der Waals surface area contributed by atoms with E-state index in [4.69, 9.17) is 16.3 Å². The summed E-state index contributed by atoms with van der Waals surface area (Å²) in [6, 6.07) is 5.25. The quantitative estimate of drug-likeness (QED) is 0.591. The number of benzene rings is 1. The smallest absolute Gasteiger partial charge is 0.241 e. The molecular formula is C16H14ClNO3. The third-order valence-electron chi connectivity index (χ3n) is 4.74. The third-order valence-corrected chi connectivity index (χ3v) is 5.15. The van der Waals surface area contributed by atoms with Gasteiger partial charge < -0.3 is 4.74 Å². The van der Waals surface area contributed by atoms with Crippen LogP contribution < -0.4 is 4.90 Å². The number of halogens is 1. The Balaban J connectivity index is 1.78. The van der Waals surface area contributed by atoms with E-state index in [1.54, 1.807) is 12.1 Å². The van der Waals surface area contributed by atoms with Crippen LogP contribution in [0.25, 0.3) is 0 Å². The maximum absolute atomic E-state index is 12.7. The van der Waals surface area contributed by atoms with Gasteiger partial charge in [-0.05, 0) is 31.5 Å².